The van der Waals surface area contributed by atoms with Gasteiger partial charge in [0.15, 0.2) is 5.82 Å². The maximum Gasteiger partial charge on any atom is 0.274 e. The van der Waals surface area contributed by atoms with Gasteiger partial charge in [-0.25, -0.2) is 4.39 Å². The fourth-order valence-electron chi connectivity index (χ4n) is 1.80. The van der Waals surface area contributed by atoms with E-state index in [0.717, 1.165) is 11.8 Å². The molecular formula is C11H12FN3O2. The molecule has 1 aromatic rings. The number of nitrogens with zero attached hydrogens (tertiary/aromatic N) is 2. The van der Waals surface area contributed by atoms with Gasteiger partial charge in [0.25, 0.3) is 6.20 Å². The van der Waals surface area contributed by atoms with Gasteiger partial charge < -0.3 is 10.2 Å². The van der Waals surface area contributed by atoms with Crippen molar-refractivity contribution in [1.82, 2.24) is 10.2 Å². The SMILES string of the molecule is O=[N+]([O-])/C=C1\NCCN1Cc1cccc(F)c1. The van der Waals surface area contributed by atoms with Gasteiger partial charge in [-0.2, -0.15) is 0 Å². The minimum absolute atomic E-state index is 0.297. The summed E-state index contributed by atoms with van der Waals surface area (Å²) in [6, 6.07) is 6.23. The maximum atomic E-state index is 13.0. The number of nitro groups is 1. The maximum absolute atomic E-state index is 13.0. The highest BCUT2D eigenvalue weighted by Crippen LogP contribution is 2.13. The lowest BCUT2D eigenvalue weighted by Crippen LogP contribution is -2.20. The van der Waals surface area contributed by atoms with Crippen LogP contribution in [0.3, 0.4) is 0 Å². The van der Waals surface area contributed by atoms with Crippen molar-refractivity contribution in [2.45, 2.75) is 6.54 Å². The first-order valence-corrected chi connectivity index (χ1v) is 5.24. The van der Waals surface area contributed by atoms with Crippen molar-refractivity contribution < 1.29 is 9.31 Å². The van der Waals surface area contributed by atoms with E-state index >= 15 is 0 Å². The summed E-state index contributed by atoms with van der Waals surface area (Å²) < 4.78 is 13.0. The van der Waals surface area contributed by atoms with Gasteiger partial charge in [-0.3, -0.25) is 10.1 Å². The molecule has 0 radical (unpaired) electrons. The molecule has 0 saturated carbocycles. The molecule has 6 heteroatoms. The van der Waals surface area contributed by atoms with Crippen LogP contribution in [-0.2, 0) is 6.54 Å². The van der Waals surface area contributed by atoms with Crippen molar-refractivity contribution in [3.63, 3.8) is 0 Å². The molecule has 1 aliphatic heterocycles. The highest BCUT2D eigenvalue weighted by atomic mass is 19.1. The second kappa shape index (κ2) is 4.82. The molecule has 90 valence electrons. The van der Waals surface area contributed by atoms with E-state index in [2.05, 4.69) is 5.32 Å². The summed E-state index contributed by atoms with van der Waals surface area (Å²) in [5.74, 6) is 0.175. The third-order valence-corrected chi connectivity index (χ3v) is 2.52. The minimum atomic E-state index is -0.494. The Kier molecular flexibility index (Phi) is 3.22. The second-order valence-electron chi connectivity index (χ2n) is 3.78. The van der Waals surface area contributed by atoms with Crippen LogP contribution in [0, 0.1) is 15.9 Å². The summed E-state index contributed by atoms with van der Waals surface area (Å²) in [6.07, 6.45) is 0.937. The van der Waals surface area contributed by atoms with Crippen molar-refractivity contribution in [3.8, 4) is 0 Å². The van der Waals surface area contributed by atoms with Crippen LogP contribution in [0.5, 0.6) is 0 Å². The van der Waals surface area contributed by atoms with Gasteiger partial charge in [0.2, 0.25) is 0 Å². The average molecular weight is 237 g/mol. The summed E-state index contributed by atoms with van der Waals surface area (Å²) >= 11 is 0. The number of hydrogen-bond acceptors (Lipinski definition) is 4. The van der Waals surface area contributed by atoms with E-state index in [1.165, 1.54) is 12.1 Å². The van der Waals surface area contributed by atoms with E-state index in [-0.39, 0.29) is 5.82 Å². The third-order valence-electron chi connectivity index (χ3n) is 2.52. The molecule has 1 aromatic carbocycles. The Hall–Kier alpha value is -2.11. The Labute approximate surface area is 97.7 Å². The number of rotatable bonds is 3. The Balaban J connectivity index is 2.10. The molecule has 0 bridgehead atoms. The van der Waals surface area contributed by atoms with Gasteiger partial charge in [0.1, 0.15) is 5.82 Å². The molecule has 2 rings (SSSR count). The lowest BCUT2D eigenvalue weighted by molar-refractivity contribution is -0.404. The lowest BCUT2D eigenvalue weighted by atomic mass is 10.2. The summed E-state index contributed by atoms with van der Waals surface area (Å²) in [7, 11) is 0. The van der Waals surface area contributed by atoms with Crippen LogP contribution < -0.4 is 5.32 Å². The number of nitrogens with one attached hydrogen (secondary N) is 1. The lowest BCUT2D eigenvalue weighted by Gasteiger charge is -2.16. The molecule has 1 saturated heterocycles. The quantitative estimate of drug-likeness (QED) is 0.636. The Morgan fingerprint density at radius 1 is 1.59 bits per heavy atom. The minimum Gasteiger partial charge on any atom is -0.365 e. The first-order chi connectivity index (χ1) is 8.15. The summed E-state index contributed by atoms with van der Waals surface area (Å²) in [5.41, 5.74) is 0.794. The molecule has 1 aliphatic rings. The molecular weight excluding hydrogens is 225 g/mol. The van der Waals surface area contributed by atoms with Crippen molar-refractivity contribution in [2.24, 2.45) is 0 Å². The Morgan fingerprint density at radius 3 is 3.12 bits per heavy atom. The second-order valence-corrected chi connectivity index (χ2v) is 3.78. The van der Waals surface area contributed by atoms with Crippen LogP contribution in [0.25, 0.3) is 0 Å². The normalized spacial score (nSPS) is 17.2. The predicted molar refractivity (Wildman–Crippen MR) is 59.9 cm³/mol. The van der Waals surface area contributed by atoms with E-state index in [1.807, 2.05) is 4.90 Å². The zero-order valence-corrected chi connectivity index (χ0v) is 9.10. The molecule has 5 nitrogen and oxygen atoms in total. The standard InChI is InChI=1S/C11H12FN3O2/c12-10-3-1-2-9(6-10)7-14-5-4-13-11(14)8-15(16)17/h1-3,6,8,13H,4-5,7H2/b11-8+. The van der Waals surface area contributed by atoms with Crippen LogP contribution in [0.2, 0.25) is 0 Å². The van der Waals surface area contributed by atoms with Crippen LogP contribution in [0.4, 0.5) is 4.39 Å². The summed E-state index contributed by atoms with van der Waals surface area (Å²) in [6.45, 7) is 1.80. The zero-order valence-electron chi connectivity index (χ0n) is 9.10. The molecule has 0 amide bonds. The average Bonchev–Trinajstić information content (AvgIpc) is 2.65. The first kappa shape index (κ1) is 11.4. The van der Waals surface area contributed by atoms with Gasteiger partial charge in [-0.15, -0.1) is 0 Å². The van der Waals surface area contributed by atoms with E-state index in [1.54, 1.807) is 12.1 Å². The monoisotopic (exact) mass is 237 g/mol. The van der Waals surface area contributed by atoms with Crippen molar-refractivity contribution in [3.05, 3.63) is 57.8 Å². The predicted octanol–water partition coefficient (Wildman–Crippen LogP) is 1.31. The van der Waals surface area contributed by atoms with Gasteiger partial charge in [0, 0.05) is 19.6 Å². The zero-order chi connectivity index (χ0) is 12.3. The fraction of sp³-hybridized carbons (Fsp3) is 0.273. The fourth-order valence-corrected chi connectivity index (χ4v) is 1.80. The third kappa shape index (κ3) is 2.93. The molecule has 0 unspecified atom stereocenters. The van der Waals surface area contributed by atoms with E-state index in [9.17, 15) is 14.5 Å². The molecule has 1 heterocycles. The van der Waals surface area contributed by atoms with Crippen LogP contribution >= 0.6 is 0 Å². The molecule has 1 fully saturated rings. The van der Waals surface area contributed by atoms with Gasteiger partial charge in [0.05, 0.1) is 4.92 Å². The highest BCUT2D eigenvalue weighted by Gasteiger charge is 2.19. The Bertz CT molecular complexity index is 462. The van der Waals surface area contributed by atoms with E-state index in [4.69, 9.17) is 0 Å². The van der Waals surface area contributed by atoms with Crippen LogP contribution in [0.15, 0.2) is 36.3 Å². The summed E-state index contributed by atoms with van der Waals surface area (Å²) in [4.78, 5) is 11.7. The number of benzene rings is 1. The highest BCUT2D eigenvalue weighted by molar-refractivity contribution is 5.17. The first-order valence-electron chi connectivity index (χ1n) is 5.24. The molecule has 0 spiro atoms. The molecule has 17 heavy (non-hydrogen) atoms. The number of halogens is 1. The number of hydrogen-bond donors (Lipinski definition) is 1. The van der Waals surface area contributed by atoms with E-state index < -0.39 is 4.92 Å². The van der Waals surface area contributed by atoms with Crippen molar-refractivity contribution in [1.29, 1.82) is 0 Å². The van der Waals surface area contributed by atoms with Crippen molar-refractivity contribution in [2.75, 3.05) is 13.1 Å². The van der Waals surface area contributed by atoms with Crippen LogP contribution in [0.1, 0.15) is 5.56 Å². The van der Waals surface area contributed by atoms with E-state index in [0.29, 0.717) is 25.5 Å². The molecule has 0 aromatic heterocycles. The summed E-state index contributed by atoms with van der Waals surface area (Å²) in [5, 5.41) is 13.3. The largest absolute Gasteiger partial charge is 0.365 e. The molecule has 0 atom stereocenters. The molecule has 1 N–H and O–H groups in total. The van der Waals surface area contributed by atoms with Gasteiger partial charge in [-0.1, -0.05) is 12.1 Å². The molecule has 0 aliphatic carbocycles. The smallest absolute Gasteiger partial charge is 0.274 e. The topological polar surface area (TPSA) is 58.4 Å². The van der Waals surface area contributed by atoms with Gasteiger partial charge in [-0.05, 0) is 17.7 Å². The van der Waals surface area contributed by atoms with Crippen LogP contribution in [-0.4, -0.2) is 22.9 Å². The van der Waals surface area contributed by atoms with Gasteiger partial charge >= 0.3 is 0 Å². The Morgan fingerprint density at radius 2 is 2.41 bits per heavy atom. The van der Waals surface area contributed by atoms with Crippen molar-refractivity contribution >= 4 is 0 Å².